The van der Waals surface area contributed by atoms with Gasteiger partial charge in [-0.05, 0) is 93.5 Å². The summed E-state index contributed by atoms with van der Waals surface area (Å²) >= 11 is 1.61. The molecule has 1 N–H and O–H groups in total. The minimum absolute atomic E-state index is 0.00286. The van der Waals surface area contributed by atoms with Crippen LogP contribution in [0.1, 0.15) is 50.4 Å². The highest BCUT2D eigenvalue weighted by atomic mass is 32.1. The van der Waals surface area contributed by atoms with Gasteiger partial charge >= 0.3 is 6.09 Å². The van der Waals surface area contributed by atoms with Gasteiger partial charge in [0.1, 0.15) is 11.4 Å². The predicted octanol–water partition coefficient (Wildman–Crippen LogP) is 8.26. The molecule has 10 heteroatoms. The SMILES string of the molecule is CC(C)(C)OC(=O)N1CCC2(CCN(C(=O)c3ccc(-c4ccc5c(Nc6ccc7scnc7c6)ccnc5c4)c(F)c3)CC2)C1. The number of aromatic nitrogens is 2. The van der Waals surface area contributed by atoms with Crippen molar-refractivity contribution in [1.29, 1.82) is 0 Å². The smallest absolute Gasteiger partial charge is 0.410 e. The first kappa shape index (κ1) is 30.1. The van der Waals surface area contributed by atoms with Crippen molar-refractivity contribution in [3.05, 3.63) is 83.8 Å². The van der Waals surface area contributed by atoms with Crippen molar-refractivity contribution < 1.29 is 18.7 Å². The molecule has 2 aromatic heterocycles. The fraction of sp³-hybridized carbons (Fsp3) is 0.333. The number of halogens is 1. The molecule has 0 aliphatic carbocycles. The van der Waals surface area contributed by atoms with Crippen LogP contribution in [0.2, 0.25) is 0 Å². The van der Waals surface area contributed by atoms with Gasteiger partial charge in [0, 0.05) is 60.3 Å². The van der Waals surface area contributed by atoms with E-state index in [0.29, 0.717) is 42.9 Å². The largest absolute Gasteiger partial charge is 0.444 e. The van der Waals surface area contributed by atoms with Crippen molar-refractivity contribution in [1.82, 2.24) is 19.8 Å². The topological polar surface area (TPSA) is 87.7 Å². The number of nitrogens with zero attached hydrogens (tertiary/aromatic N) is 4. The monoisotopic (exact) mass is 637 g/mol. The van der Waals surface area contributed by atoms with Crippen LogP contribution in [-0.4, -0.2) is 63.5 Å². The number of piperidine rings is 1. The lowest BCUT2D eigenvalue weighted by molar-refractivity contribution is 0.0242. The Morgan fingerprint density at radius 2 is 1.70 bits per heavy atom. The molecule has 2 aliphatic rings. The van der Waals surface area contributed by atoms with Crippen LogP contribution in [0, 0.1) is 11.2 Å². The molecule has 0 radical (unpaired) electrons. The molecule has 2 saturated heterocycles. The molecule has 4 heterocycles. The lowest BCUT2D eigenvalue weighted by atomic mass is 9.77. The molecule has 1 spiro atoms. The maximum absolute atomic E-state index is 15.6. The Balaban J connectivity index is 1.02. The van der Waals surface area contributed by atoms with Gasteiger partial charge in [0.25, 0.3) is 5.91 Å². The number of ether oxygens (including phenoxy) is 1. The minimum atomic E-state index is -0.530. The first-order valence-electron chi connectivity index (χ1n) is 15.6. The van der Waals surface area contributed by atoms with E-state index < -0.39 is 11.4 Å². The number of pyridine rings is 1. The van der Waals surface area contributed by atoms with Crippen molar-refractivity contribution in [2.75, 3.05) is 31.5 Å². The summed E-state index contributed by atoms with van der Waals surface area (Å²) in [5.74, 6) is -0.623. The van der Waals surface area contributed by atoms with Gasteiger partial charge in [0.15, 0.2) is 0 Å². The molecule has 5 aromatic rings. The standard InChI is InChI=1S/C36H36FN5O3S/c1-35(2,3)45-34(44)42-17-13-36(21-42)11-15-41(16-12-36)33(43)24-5-7-26(28(37)18-24)23-4-8-27-29(10-14-38-30(27)19-23)40-25-6-9-32-31(20-25)39-22-46-32/h4-10,14,18-20,22H,11-13,15-17,21H2,1-3H3,(H,38,40). The van der Waals surface area contributed by atoms with Crippen molar-refractivity contribution in [2.45, 2.75) is 45.6 Å². The number of likely N-dealkylation sites (tertiary alicyclic amines) is 2. The molecule has 0 saturated carbocycles. The van der Waals surface area contributed by atoms with E-state index in [1.165, 1.54) is 6.07 Å². The van der Waals surface area contributed by atoms with Gasteiger partial charge in [-0.15, -0.1) is 11.3 Å². The highest BCUT2D eigenvalue weighted by Gasteiger charge is 2.43. The molecule has 2 aliphatic heterocycles. The zero-order valence-corrected chi connectivity index (χ0v) is 27.0. The van der Waals surface area contributed by atoms with Crippen LogP contribution in [-0.2, 0) is 4.74 Å². The maximum Gasteiger partial charge on any atom is 0.410 e. The van der Waals surface area contributed by atoms with Gasteiger partial charge in [0.2, 0.25) is 0 Å². The molecule has 236 valence electrons. The Hall–Kier alpha value is -4.57. The Bertz CT molecular complexity index is 1960. The van der Waals surface area contributed by atoms with Gasteiger partial charge < -0.3 is 19.9 Å². The predicted molar refractivity (Wildman–Crippen MR) is 180 cm³/mol. The average molecular weight is 638 g/mol. The summed E-state index contributed by atoms with van der Waals surface area (Å²) in [6.07, 6.45) is 3.97. The number of thiazole rings is 1. The number of carbonyl (C=O) groups is 2. The molecular formula is C36H36FN5O3S. The lowest BCUT2D eigenvalue weighted by Crippen LogP contribution is -2.45. The number of rotatable bonds is 4. The summed E-state index contributed by atoms with van der Waals surface area (Å²) in [7, 11) is 0. The molecule has 8 nitrogen and oxygen atoms in total. The van der Waals surface area contributed by atoms with Gasteiger partial charge in [-0.2, -0.15) is 0 Å². The van der Waals surface area contributed by atoms with Gasteiger partial charge in [0.05, 0.1) is 21.2 Å². The number of fused-ring (bicyclic) bond motifs is 2. The fourth-order valence-electron chi connectivity index (χ4n) is 6.59. The number of carbonyl (C=O) groups excluding carboxylic acids is 2. The molecule has 2 amide bonds. The van der Waals surface area contributed by atoms with Crippen LogP contribution >= 0.6 is 11.3 Å². The molecule has 0 bridgehead atoms. The van der Waals surface area contributed by atoms with E-state index in [-0.39, 0.29) is 17.4 Å². The zero-order chi connectivity index (χ0) is 32.1. The number of benzene rings is 3. The Labute approximate surface area is 271 Å². The number of nitrogens with one attached hydrogen (secondary N) is 1. The Morgan fingerprint density at radius 1 is 0.913 bits per heavy atom. The third-order valence-corrected chi connectivity index (χ3v) is 9.89. The number of anilines is 2. The molecule has 7 rings (SSSR count). The van der Waals surface area contributed by atoms with E-state index in [1.807, 2.05) is 68.7 Å². The molecule has 3 aromatic carbocycles. The van der Waals surface area contributed by atoms with Crippen molar-refractivity contribution in [3.8, 4) is 11.1 Å². The third-order valence-electron chi connectivity index (χ3n) is 9.08. The first-order valence-corrected chi connectivity index (χ1v) is 16.5. The highest BCUT2D eigenvalue weighted by molar-refractivity contribution is 7.16. The summed E-state index contributed by atoms with van der Waals surface area (Å²) in [4.78, 5) is 38.5. The second-order valence-electron chi connectivity index (χ2n) is 13.4. The minimum Gasteiger partial charge on any atom is -0.444 e. The number of hydrogen-bond donors (Lipinski definition) is 1. The maximum atomic E-state index is 15.6. The molecule has 46 heavy (non-hydrogen) atoms. The summed E-state index contributed by atoms with van der Waals surface area (Å²) in [6, 6.07) is 18.4. The second kappa shape index (κ2) is 11.7. The van der Waals surface area contributed by atoms with Crippen LogP contribution in [0.15, 0.2) is 72.4 Å². The van der Waals surface area contributed by atoms with E-state index >= 15 is 4.39 Å². The zero-order valence-electron chi connectivity index (χ0n) is 26.2. The van der Waals surface area contributed by atoms with E-state index in [2.05, 4.69) is 15.3 Å². The average Bonchev–Trinajstić information content (AvgIpc) is 3.67. The summed E-state index contributed by atoms with van der Waals surface area (Å²) in [5, 5.41) is 4.38. The van der Waals surface area contributed by atoms with E-state index in [1.54, 1.807) is 39.5 Å². The quantitative estimate of drug-likeness (QED) is 0.214. The fourth-order valence-corrected chi connectivity index (χ4v) is 7.25. The van der Waals surface area contributed by atoms with E-state index in [4.69, 9.17) is 4.74 Å². The second-order valence-corrected chi connectivity index (χ2v) is 14.3. The highest BCUT2D eigenvalue weighted by Crippen LogP contribution is 2.41. The van der Waals surface area contributed by atoms with Crippen LogP contribution in [0.3, 0.4) is 0 Å². The summed E-state index contributed by atoms with van der Waals surface area (Å²) < 4.78 is 22.2. The molecule has 0 atom stereocenters. The Morgan fingerprint density at radius 3 is 2.46 bits per heavy atom. The van der Waals surface area contributed by atoms with Crippen LogP contribution < -0.4 is 5.32 Å². The van der Waals surface area contributed by atoms with Crippen LogP contribution in [0.4, 0.5) is 20.6 Å². The number of amides is 2. The van der Waals surface area contributed by atoms with Crippen molar-refractivity contribution in [2.24, 2.45) is 5.41 Å². The first-order chi connectivity index (χ1) is 22.1. The molecular weight excluding hydrogens is 601 g/mol. The van der Waals surface area contributed by atoms with Crippen molar-refractivity contribution in [3.63, 3.8) is 0 Å². The summed E-state index contributed by atoms with van der Waals surface area (Å²) in [5.41, 5.74) is 6.24. The third kappa shape index (κ3) is 6.01. The van der Waals surface area contributed by atoms with Crippen LogP contribution in [0.25, 0.3) is 32.2 Å². The Kier molecular flexibility index (Phi) is 7.63. The lowest BCUT2D eigenvalue weighted by Gasteiger charge is -2.39. The van der Waals surface area contributed by atoms with Crippen molar-refractivity contribution >= 4 is 55.8 Å². The van der Waals surface area contributed by atoms with Crippen LogP contribution in [0.5, 0.6) is 0 Å². The van der Waals surface area contributed by atoms with E-state index in [9.17, 15) is 9.59 Å². The number of hydrogen-bond acceptors (Lipinski definition) is 7. The van der Waals surface area contributed by atoms with Gasteiger partial charge in [-0.25, -0.2) is 14.2 Å². The molecule has 0 unspecified atom stereocenters. The summed E-state index contributed by atoms with van der Waals surface area (Å²) in [6.45, 7) is 8.08. The normalized spacial score (nSPS) is 16.3. The van der Waals surface area contributed by atoms with Gasteiger partial charge in [-0.3, -0.25) is 9.78 Å². The molecule has 2 fully saturated rings. The van der Waals surface area contributed by atoms with E-state index in [0.717, 1.165) is 51.8 Å². The van der Waals surface area contributed by atoms with Gasteiger partial charge in [-0.1, -0.05) is 18.2 Å².